The number of hydrogen-bond acceptors (Lipinski definition) is 1. The highest BCUT2D eigenvalue weighted by Gasteiger charge is 2.49. The van der Waals surface area contributed by atoms with Crippen LogP contribution in [0.25, 0.3) is 0 Å². The first-order chi connectivity index (χ1) is 8.36. The number of rotatable bonds is 2. The first-order valence-corrected chi connectivity index (χ1v) is 5.73. The van der Waals surface area contributed by atoms with Crippen LogP contribution in [0.3, 0.4) is 0 Å². The minimum absolute atomic E-state index is 0.168. The minimum atomic E-state index is -2.81. The van der Waals surface area contributed by atoms with E-state index >= 15 is 0 Å². The minimum Gasteiger partial charge on any atom is -0.481 e. The van der Waals surface area contributed by atoms with Gasteiger partial charge in [-0.1, -0.05) is 12.1 Å². The third kappa shape index (κ3) is 2.21. The van der Waals surface area contributed by atoms with Gasteiger partial charge in [-0.25, -0.2) is 13.2 Å². The van der Waals surface area contributed by atoms with E-state index in [1.54, 1.807) is 0 Å². The Labute approximate surface area is 102 Å². The van der Waals surface area contributed by atoms with E-state index < -0.39 is 36.0 Å². The van der Waals surface area contributed by atoms with Crippen molar-refractivity contribution < 1.29 is 23.1 Å². The molecule has 1 aromatic rings. The summed E-state index contributed by atoms with van der Waals surface area (Å²) < 4.78 is 39.4. The van der Waals surface area contributed by atoms with Crippen LogP contribution in [0.5, 0.6) is 0 Å². The van der Waals surface area contributed by atoms with Crippen LogP contribution in [0.4, 0.5) is 13.2 Å². The van der Waals surface area contributed by atoms with Crippen molar-refractivity contribution in [1.29, 1.82) is 0 Å². The second kappa shape index (κ2) is 4.30. The molecule has 0 aromatic heterocycles. The van der Waals surface area contributed by atoms with Crippen LogP contribution in [0, 0.1) is 5.82 Å². The van der Waals surface area contributed by atoms with E-state index in [2.05, 4.69) is 0 Å². The SMILES string of the molecule is O=C(O)C1(c2cccc(F)c2)CCC(F)(F)CC1. The molecule has 1 fully saturated rings. The third-order valence-corrected chi connectivity index (χ3v) is 3.62. The molecule has 0 atom stereocenters. The Balaban J connectivity index is 2.38. The number of carboxylic acid groups (broad SMARTS) is 1. The highest BCUT2D eigenvalue weighted by Crippen LogP contribution is 2.45. The van der Waals surface area contributed by atoms with Crippen molar-refractivity contribution in [3.05, 3.63) is 35.6 Å². The fourth-order valence-corrected chi connectivity index (χ4v) is 2.45. The maximum Gasteiger partial charge on any atom is 0.314 e. The zero-order chi connectivity index (χ0) is 13.4. The van der Waals surface area contributed by atoms with E-state index in [1.165, 1.54) is 18.2 Å². The van der Waals surface area contributed by atoms with Crippen LogP contribution in [0.1, 0.15) is 31.2 Å². The molecule has 0 unspecified atom stereocenters. The van der Waals surface area contributed by atoms with Crippen LogP contribution in [0.15, 0.2) is 24.3 Å². The smallest absolute Gasteiger partial charge is 0.314 e. The Morgan fingerprint density at radius 1 is 1.17 bits per heavy atom. The average Bonchev–Trinajstić information content (AvgIpc) is 2.29. The lowest BCUT2D eigenvalue weighted by atomic mass is 9.68. The molecule has 18 heavy (non-hydrogen) atoms. The molecule has 2 rings (SSSR count). The molecule has 0 radical (unpaired) electrons. The van der Waals surface area contributed by atoms with Gasteiger partial charge in [0.15, 0.2) is 0 Å². The molecule has 0 aliphatic heterocycles. The van der Waals surface area contributed by atoms with Crippen molar-refractivity contribution >= 4 is 5.97 Å². The Bertz CT molecular complexity index is 461. The number of alkyl halides is 2. The summed E-state index contributed by atoms with van der Waals surface area (Å²) in [6.45, 7) is 0. The molecule has 0 amide bonds. The van der Waals surface area contributed by atoms with E-state index in [9.17, 15) is 23.1 Å². The molecule has 1 aliphatic rings. The highest BCUT2D eigenvalue weighted by molar-refractivity contribution is 5.81. The van der Waals surface area contributed by atoms with Gasteiger partial charge in [-0.2, -0.15) is 0 Å². The topological polar surface area (TPSA) is 37.3 Å². The van der Waals surface area contributed by atoms with Gasteiger partial charge in [-0.05, 0) is 30.5 Å². The van der Waals surface area contributed by atoms with Crippen molar-refractivity contribution in [3.8, 4) is 0 Å². The number of carbonyl (C=O) groups is 1. The molecule has 1 N–H and O–H groups in total. The lowest BCUT2D eigenvalue weighted by molar-refractivity contribution is -0.149. The predicted molar refractivity (Wildman–Crippen MR) is 59.1 cm³/mol. The van der Waals surface area contributed by atoms with Crippen molar-refractivity contribution in [3.63, 3.8) is 0 Å². The van der Waals surface area contributed by atoms with E-state index in [0.717, 1.165) is 6.07 Å². The van der Waals surface area contributed by atoms with Crippen LogP contribution >= 0.6 is 0 Å². The fraction of sp³-hybridized carbons (Fsp3) is 0.462. The van der Waals surface area contributed by atoms with Crippen molar-refractivity contribution in [2.45, 2.75) is 37.0 Å². The van der Waals surface area contributed by atoms with Gasteiger partial charge in [0.1, 0.15) is 5.82 Å². The Morgan fingerprint density at radius 2 is 1.78 bits per heavy atom. The summed E-state index contributed by atoms with van der Waals surface area (Å²) >= 11 is 0. The van der Waals surface area contributed by atoms with Crippen LogP contribution < -0.4 is 0 Å². The standard InChI is InChI=1S/C13H13F3O2/c14-10-3-1-2-9(8-10)12(11(17)18)4-6-13(15,16)7-5-12/h1-3,8H,4-7H2,(H,17,18). The Kier molecular flexibility index (Phi) is 3.09. The summed E-state index contributed by atoms with van der Waals surface area (Å²) in [6, 6.07) is 5.22. The molecule has 1 saturated carbocycles. The number of aliphatic carboxylic acids is 1. The van der Waals surface area contributed by atoms with E-state index in [0.29, 0.717) is 0 Å². The van der Waals surface area contributed by atoms with Gasteiger partial charge >= 0.3 is 5.97 Å². The third-order valence-electron chi connectivity index (χ3n) is 3.62. The monoisotopic (exact) mass is 258 g/mol. The normalized spacial score (nSPS) is 21.5. The van der Waals surface area contributed by atoms with Gasteiger partial charge in [0.05, 0.1) is 5.41 Å². The first-order valence-electron chi connectivity index (χ1n) is 5.73. The molecule has 5 heteroatoms. The summed E-state index contributed by atoms with van der Waals surface area (Å²) in [5.41, 5.74) is -1.12. The molecule has 1 aliphatic carbocycles. The van der Waals surface area contributed by atoms with Crippen LogP contribution in [0.2, 0.25) is 0 Å². The maximum atomic E-state index is 13.2. The van der Waals surface area contributed by atoms with Crippen molar-refractivity contribution in [1.82, 2.24) is 0 Å². The number of hydrogen-bond donors (Lipinski definition) is 1. The molecule has 2 nitrogen and oxygen atoms in total. The van der Waals surface area contributed by atoms with E-state index in [1.807, 2.05) is 0 Å². The van der Waals surface area contributed by atoms with Gasteiger partial charge in [0.25, 0.3) is 0 Å². The molecule has 0 saturated heterocycles. The summed E-state index contributed by atoms with van der Waals surface area (Å²) in [4.78, 5) is 11.4. The van der Waals surface area contributed by atoms with Gasteiger partial charge in [-0.3, -0.25) is 4.79 Å². The lowest BCUT2D eigenvalue weighted by Crippen LogP contribution is -2.42. The summed E-state index contributed by atoms with van der Waals surface area (Å²) in [5, 5.41) is 9.34. The van der Waals surface area contributed by atoms with Crippen LogP contribution in [-0.2, 0) is 10.2 Å². The zero-order valence-corrected chi connectivity index (χ0v) is 9.63. The average molecular weight is 258 g/mol. The zero-order valence-electron chi connectivity index (χ0n) is 9.63. The molecule has 0 heterocycles. The van der Waals surface area contributed by atoms with Gasteiger partial charge in [0, 0.05) is 12.8 Å². The van der Waals surface area contributed by atoms with Crippen molar-refractivity contribution in [2.24, 2.45) is 0 Å². The van der Waals surface area contributed by atoms with Crippen molar-refractivity contribution in [2.75, 3.05) is 0 Å². The summed E-state index contributed by atoms with van der Waals surface area (Å²) in [6.07, 6.45) is -1.29. The molecule has 0 bridgehead atoms. The molecular formula is C13H13F3O2. The summed E-state index contributed by atoms with van der Waals surface area (Å²) in [7, 11) is 0. The Morgan fingerprint density at radius 3 is 2.28 bits per heavy atom. The van der Waals surface area contributed by atoms with Gasteiger partial charge in [0.2, 0.25) is 5.92 Å². The lowest BCUT2D eigenvalue weighted by Gasteiger charge is -2.37. The van der Waals surface area contributed by atoms with Gasteiger partial charge in [-0.15, -0.1) is 0 Å². The van der Waals surface area contributed by atoms with Crippen LogP contribution in [-0.4, -0.2) is 17.0 Å². The maximum absolute atomic E-state index is 13.2. The predicted octanol–water partition coefficient (Wildman–Crippen LogP) is 3.36. The van der Waals surface area contributed by atoms with E-state index in [4.69, 9.17) is 0 Å². The largest absolute Gasteiger partial charge is 0.481 e. The molecule has 98 valence electrons. The number of halogens is 3. The second-order valence-electron chi connectivity index (χ2n) is 4.75. The van der Waals surface area contributed by atoms with E-state index in [-0.39, 0.29) is 18.4 Å². The Hall–Kier alpha value is -1.52. The second-order valence-corrected chi connectivity index (χ2v) is 4.75. The number of benzene rings is 1. The molecular weight excluding hydrogens is 245 g/mol. The number of carboxylic acids is 1. The fourth-order valence-electron chi connectivity index (χ4n) is 2.45. The molecule has 1 aromatic carbocycles. The highest BCUT2D eigenvalue weighted by atomic mass is 19.3. The van der Waals surface area contributed by atoms with Gasteiger partial charge < -0.3 is 5.11 Å². The summed E-state index contributed by atoms with van der Waals surface area (Å²) in [5.74, 6) is -4.53. The molecule has 0 spiro atoms. The first kappa shape index (κ1) is 12.9. The quantitative estimate of drug-likeness (QED) is 0.883.